The lowest BCUT2D eigenvalue weighted by atomic mass is 10.1. The predicted molar refractivity (Wildman–Crippen MR) is 80.6 cm³/mol. The van der Waals surface area contributed by atoms with Gasteiger partial charge < -0.3 is 4.90 Å². The first-order valence-electron chi connectivity index (χ1n) is 6.34. The van der Waals surface area contributed by atoms with Crippen molar-refractivity contribution >= 4 is 27.5 Å². The lowest BCUT2D eigenvalue weighted by Gasteiger charge is -2.22. The largest absolute Gasteiger partial charge is 0.305 e. The van der Waals surface area contributed by atoms with E-state index in [9.17, 15) is 4.79 Å². The van der Waals surface area contributed by atoms with Gasteiger partial charge in [-0.15, -0.1) is 0 Å². The van der Waals surface area contributed by atoms with Gasteiger partial charge in [0, 0.05) is 21.8 Å². The Bertz CT molecular complexity index is 621. The molecule has 2 aromatic rings. The Labute approximate surface area is 121 Å². The molecule has 0 spiro atoms. The summed E-state index contributed by atoms with van der Waals surface area (Å²) in [5.74, 6) is 0.0740. The number of carbonyl (C=O) groups excluding carboxylic acids is 1. The lowest BCUT2D eigenvalue weighted by Crippen LogP contribution is -2.35. The fraction of sp³-hybridized carbons (Fsp3) is 0.188. The molecule has 1 atom stereocenters. The van der Waals surface area contributed by atoms with Gasteiger partial charge in [0.05, 0.1) is 0 Å². The van der Waals surface area contributed by atoms with Gasteiger partial charge in [0.25, 0.3) is 5.91 Å². The van der Waals surface area contributed by atoms with Crippen LogP contribution in [-0.2, 0) is 6.42 Å². The summed E-state index contributed by atoms with van der Waals surface area (Å²) in [5.41, 5.74) is 3.02. The lowest BCUT2D eigenvalue weighted by molar-refractivity contribution is 0.0981. The van der Waals surface area contributed by atoms with Gasteiger partial charge in [-0.05, 0) is 49.2 Å². The summed E-state index contributed by atoms with van der Waals surface area (Å²) in [4.78, 5) is 14.5. The molecule has 0 aliphatic carbocycles. The number of amides is 1. The molecule has 2 nitrogen and oxygen atoms in total. The first-order chi connectivity index (χ1) is 9.16. The third-order valence-corrected chi connectivity index (χ3v) is 4.05. The van der Waals surface area contributed by atoms with Crippen molar-refractivity contribution in [1.82, 2.24) is 0 Å². The molecule has 0 bridgehead atoms. The third kappa shape index (κ3) is 2.19. The fourth-order valence-corrected chi connectivity index (χ4v) is 2.87. The normalized spacial score (nSPS) is 17.4. The Kier molecular flexibility index (Phi) is 3.15. The van der Waals surface area contributed by atoms with Crippen molar-refractivity contribution in [3.8, 4) is 0 Å². The number of hydrogen-bond acceptors (Lipinski definition) is 1. The van der Waals surface area contributed by atoms with Crippen LogP contribution in [-0.4, -0.2) is 11.9 Å². The van der Waals surface area contributed by atoms with Gasteiger partial charge in [-0.2, -0.15) is 0 Å². The van der Waals surface area contributed by atoms with E-state index in [1.54, 1.807) is 0 Å². The molecular weight excluding hydrogens is 302 g/mol. The molecule has 96 valence electrons. The number of para-hydroxylation sites is 1. The van der Waals surface area contributed by atoms with Crippen molar-refractivity contribution in [3.63, 3.8) is 0 Å². The highest BCUT2D eigenvalue weighted by atomic mass is 79.9. The molecule has 3 rings (SSSR count). The monoisotopic (exact) mass is 315 g/mol. The number of rotatable bonds is 1. The maximum atomic E-state index is 12.6. The van der Waals surface area contributed by atoms with Crippen molar-refractivity contribution in [2.75, 3.05) is 4.90 Å². The maximum Gasteiger partial charge on any atom is 0.258 e. The minimum Gasteiger partial charge on any atom is -0.305 e. The molecule has 3 heteroatoms. The number of benzene rings is 2. The quantitative estimate of drug-likeness (QED) is 0.777. The molecule has 0 radical (unpaired) electrons. The molecule has 2 aromatic carbocycles. The number of fused-ring (bicyclic) bond motifs is 1. The van der Waals surface area contributed by atoms with Crippen LogP contribution in [0.5, 0.6) is 0 Å². The van der Waals surface area contributed by atoms with Gasteiger partial charge in [-0.1, -0.05) is 34.1 Å². The molecular formula is C16H14BrNO. The second kappa shape index (κ2) is 4.82. The van der Waals surface area contributed by atoms with Gasteiger partial charge >= 0.3 is 0 Å². The Hall–Kier alpha value is -1.61. The zero-order valence-electron chi connectivity index (χ0n) is 10.6. The zero-order valence-corrected chi connectivity index (χ0v) is 12.2. The van der Waals surface area contributed by atoms with Crippen molar-refractivity contribution in [2.24, 2.45) is 0 Å². The molecule has 1 heterocycles. The van der Waals surface area contributed by atoms with E-state index in [2.05, 4.69) is 28.9 Å². The Morgan fingerprint density at radius 3 is 2.58 bits per heavy atom. The first kappa shape index (κ1) is 12.4. The number of carbonyl (C=O) groups is 1. The highest BCUT2D eigenvalue weighted by Crippen LogP contribution is 2.33. The zero-order chi connectivity index (χ0) is 13.4. The number of hydrogen-bond donors (Lipinski definition) is 0. The minimum atomic E-state index is 0.0740. The van der Waals surface area contributed by atoms with E-state index in [1.165, 1.54) is 5.56 Å². The van der Waals surface area contributed by atoms with Gasteiger partial charge in [0.15, 0.2) is 0 Å². The van der Waals surface area contributed by atoms with Crippen LogP contribution in [0.2, 0.25) is 0 Å². The molecule has 1 aliphatic heterocycles. The minimum absolute atomic E-state index is 0.0740. The average Bonchev–Trinajstić information content (AvgIpc) is 2.74. The maximum absolute atomic E-state index is 12.6. The van der Waals surface area contributed by atoms with Crippen molar-refractivity contribution in [3.05, 3.63) is 64.1 Å². The van der Waals surface area contributed by atoms with E-state index in [4.69, 9.17) is 0 Å². The van der Waals surface area contributed by atoms with Crippen LogP contribution in [0.15, 0.2) is 53.0 Å². The third-order valence-electron chi connectivity index (χ3n) is 3.52. The molecule has 0 unspecified atom stereocenters. The number of nitrogens with zero attached hydrogens (tertiary/aromatic N) is 1. The van der Waals surface area contributed by atoms with E-state index < -0.39 is 0 Å². The number of anilines is 1. The molecule has 0 N–H and O–H groups in total. The molecule has 0 saturated heterocycles. The van der Waals surface area contributed by atoms with E-state index in [0.29, 0.717) is 0 Å². The molecule has 0 saturated carbocycles. The summed E-state index contributed by atoms with van der Waals surface area (Å²) in [6.07, 6.45) is 0.929. The fourth-order valence-electron chi connectivity index (χ4n) is 2.61. The highest BCUT2D eigenvalue weighted by Gasteiger charge is 2.30. The van der Waals surface area contributed by atoms with Crippen LogP contribution in [0.25, 0.3) is 0 Å². The van der Waals surface area contributed by atoms with E-state index in [0.717, 1.165) is 22.1 Å². The van der Waals surface area contributed by atoms with Crippen molar-refractivity contribution in [1.29, 1.82) is 0 Å². The Morgan fingerprint density at radius 2 is 1.84 bits per heavy atom. The summed E-state index contributed by atoms with van der Waals surface area (Å²) in [6.45, 7) is 2.09. The van der Waals surface area contributed by atoms with Gasteiger partial charge in [0.1, 0.15) is 0 Å². The summed E-state index contributed by atoms with van der Waals surface area (Å²) in [6, 6.07) is 15.9. The van der Waals surface area contributed by atoms with Crippen molar-refractivity contribution < 1.29 is 4.79 Å². The smallest absolute Gasteiger partial charge is 0.258 e. The topological polar surface area (TPSA) is 20.3 Å². The van der Waals surface area contributed by atoms with E-state index in [1.807, 2.05) is 47.4 Å². The van der Waals surface area contributed by atoms with E-state index >= 15 is 0 Å². The van der Waals surface area contributed by atoms with Gasteiger partial charge in [-0.3, -0.25) is 4.79 Å². The molecule has 1 aliphatic rings. The van der Waals surface area contributed by atoms with Crippen LogP contribution in [0.3, 0.4) is 0 Å². The van der Waals surface area contributed by atoms with Crippen LogP contribution >= 0.6 is 15.9 Å². The van der Waals surface area contributed by atoms with Gasteiger partial charge in [-0.25, -0.2) is 0 Å². The molecule has 0 fully saturated rings. The summed E-state index contributed by atoms with van der Waals surface area (Å²) < 4.78 is 0.985. The Balaban J connectivity index is 1.98. The molecule has 1 amide bonds. The van der Waals surface area contributed by atoms with Crippen LogP contribution in [0, 0.1) is 0 Å². The highest BCUT2D eigenvalue weighted by molar-refractivity contribution is 9.10. The summed E-state index contributed by atoms with van der Waals surface area (Å²) >= 11 is 3.39. The predicted octanol–water partition coefficient (Wildman–Crippen LogP) is 4.04. The van der Waals surface area contributed by atoms with Gasteiger partial charge in [0.2, 0.25) is 0 Å². The first-order valence-corrected chi connectivity index (χ1v) is 7.13. The summed E-state index contributed by atoms with van der Waals surface area (Å²) in [5, 5.41) is 0. The molecule has 0 aromatic heterocycles. The second-order valence-corrected chi connectivity index (χ2v) is 5.78. The average molecular weight is 316 g/mol. The Morgan fingerprint density at radius 1 is 1.16 bits per heavy atom. The van der Waals surface area contributed by atoms with Crippen LogP contribution < -0.4 is 4.90 Å². The van der Waals surface area contributed by atoms with E-state index in [-0.39, 0.29) is 11.9 Å². The van der Waals surface area contributed by atoms with Crippen LogP contribution in [0.1, 0.15) is 22.8 Å². The SMILES string of the molecule is C[C@@H]1Cc2ccccc2N1C(=O)c1ccc(Br)cc1. The second-order valence-electron chi connectivity index (χ2n) is 4.86. The summed E-state index contributed by atoms with van der Waals surface area (Å²) in [7, 11) is 0. The molecule has 19 heavy (non-hydrogen) atoms. The van der Waals surface area contributed by atoms with Crippen LogP contribution in [0.4, 0.5) is 5.69 Å². The number of halogens is 1. The standard InChI is InChI=1S/C16H14BrNO/c1-11-10-13-4-2-3-5-15(13)18(11)16(19)12-6-8-14(17)9-7-12/h2-9,11H,10H2,1H3/t11-/m1/s1. The van der Waals surface area contributed by atoms with Crippen molar-refractivity contribution in [2.45, 2.75) is 19.4 Å².